The average Bonchev–Trinajstić information content (AvgIpc) is 3.00. The van der Waals surface area contributed by atoms with Crippen molar-refractivity contribution in [3.63, 3.8) is 0 Å². The highest BCUT2D eigenvalue weighted by molar-refractivity contribution is 9.10. The molecule has 0 bridgehead atoms. The number of aromatic nitrogens is 1. The Bertz CT molecular complexity index is 982. The number of amides is 1. The van der Waals surface area contributed by atoms with Gasteiger partial charge in [-0.3, -0.25) is 4.79 Å². The first kappa shape index (κ1) is 17.3. The van der Waals surface area contributed by atoms with Crippen LogP contribution in [0.4, 0.5) is 10.8 Å². The molecule has 0 aliphatic carbocycles. The van der Waals surface area contributed by atoms with Crippen molar-refractivity contribution in [3.8, 4) is 5.75 Å². The summed E-state index contributed by atoms with van der Waals surface area (Å²) in [5.74, 6) is 0.819. The molecule has 0 saturated carbocycles. The van der Waals surface area contributed by atoms with Crippen molar-refractivity contribution in [1.29, 1.82) is 0 Å². The summed E-state index contributed by atoms with van der Waals surface area (Å²) in [7, 11) is 1.65. The number of nitrogens with zero attached hydrogens (tertiary/aromatic N) is 2. The summed E-state index contributed by atoms with van der Waals surface area (Å²) in [6, 6.07) is 11.8. The number of fused-ring (bicyclic) bond motifs is 1. The molecule has 1 amide bonds. The second-order valence-electron chi connectivity index (χ2n) is 6.36. The summed E-state index contributed by atoms with van der Waals surface area (Å²) in [6.45, 7) is 3.37. The van der Waals surface area contributed by atoms with Crippen LogP contribution in [0.1, 0.15) is 5.56 Å². The van der Waals surface area contributed by atoms with Gasteiger partial charge in [-0.05, 0) is 42.8 Å². The molecule has 0 radical (unpaired) electrons. The number of halogens is 1. The zero-order valence-electron chi connectivity index (χ0n) is 14.5. The summed E-state index contributed by atoms with van der Waals surface area (Å²) in [5, 5.41) is 3.94. The van der Waals surface area contributed by atoms with Crippen LogP contribution in [0, 0.1) is 12.8 Å². The van der Waals surface area contributed by atoms with Gasteiger partial charge in [0.05, 0.1) is 17.7 Å². The Balaban J connectivity index is 1.42. The molecular formula is C19H18BrN3O2S. The van der Waals surface area contributed by atoms with Crippen LogP contribution in [-0.2, 0) is 4.79 Å². The lowest BCUT2D eigenvalue weighted by Gasteiger charge is -2.37. The molecule has 1 N–H and O–H groups in total. The second kappa shape index (κ2) is 6.89. The molecule has 134 valence electrons. The molecule has 0 spiro atoms. The monoisotopic (exact) mass is 431 g/mol. The number of nitrogens with one attached hydrogen (secondary N) is 1. The number of carbonyl (C=O) groups is 1. The molecule has 0 atom stereocenters. The van der Waals surface area contributed by atoms with Gasteiger partial charge in [0, 0.05) is 23.2 Å². The number of thiazole rings is 1. The highest BCUT2D eigenvalue weighted by Crippen LogP contribution is 2.36. The maximum atomic E-state index is 12.5. The summed E-state index contributed by atoms with van der Waals surface area (Å²) in [5.41, 5.74) is 2.81. The molecule has 1 aromatic heterocycles. The van der Waals surface area contributed by atoms with Crippen LogP contribution in [0.25, 0.3) is 10.2 Å². The molecule has 1 saturated heterocycles. The Morgan fingerprint density at radius 2 is 2.15 bits per heavy atom. The van der Waals surface area contributed by atoms with E-state index in [1.807, 2.05) is 43.3 Å². The number of ether oxygens (including phenoxy) is 1. The van der Waals surface area contributed by atoms with Crippen molar-refractivity contribution < 1.29 is 9.53 Å². The molecule has 3 aromatic rings. The van der Waals surface area contributed by atoms with Gasteiger partial charge in [-0.15, -0.1) is 0 Å². The van der Waals surface area contributed by atoms with Gasteiger partial charge in [-0.2, -0.15) is 0 Å². The van der Waals surface area contributed by atoms with Crippen LogP contribution < -0.4 is 15.0 Å². The lowest BCUT2D eigenvalue weighted by atomic mass is 10.00. The second-order valence-corrected chi connectivity index (χ2v) is 8.22. The lowest BCUT2D eigenvalue weighted by molar-refractivity contribution is -0.120. The molecule has 1 fully saturated rings. The van der Waals surface area contributed by atoms with Gasteiger partial charge >= 0.3 is 0 Å². The fraction of sp³-hybridized carbons (Fsp3) is 0.263. The Kier molecular flexibility index (Phi) is 4.58. The third-order valence-corrected chi connectivity index (χ3v) is 6.51. The van der Waals surface area contributed by atoms with Crippen LogP contribution in [0.5, 0.6) is 5.75 Å². The first-order valence-electron chi connectivity index (χ1n) is 8.30. The summed E-state index contributed by atoms with van der Waals surface area (Å²) >= 11 is 5.10. The standard InChI is InChI=1S/C19H18BrN3O2S/c1-11-8-13(6-7-14(11)20)21-18(24)12-9-23(10-12)19-22-17-15(25-2)4-3-5-16(17)26-19/h3-8,12H,9-10H2,1-2H3,(H,21,24). The number of benzene rings is 2. The number of anilines is 2. The van der Waals surface area contributed by atoms with E-state index in [2.05, 4.69) is 31.1 Å². The SMILES string of the molecule is COc1cccc2sc(N3CC(C(=O)Nc4ccc(Br)c(C)c4)C3)nc12. The van der Waals surface area contributed by atoms with Gasteiger partial charge in [0.25, 0.3) is 0 Å². The predicted octanol–water partition coefficient (Wildman–Crippen LogP) is 4.45. The number of carbonyl (C=O) groups excluding carboxylic acids is 1. The minimum Gasteiger partial charge on any atom is -0.494 e. The molecule has 0 unspecified atom stereocenters. The van der Waals surface area contributed by atoms with Gasteiger partial charge in [-0.25, -0.2) is 4.98 Å². The summed E-state index contributed by atoms with van der Waals surface area (Å²) in [6.07, 6.45) is 0. The number of methoxy groups -OCH3 is 1. The van der Waals surface area contributed by atoms with Crippen molar-refractivity contribution in [3.05, 3.63) is 46.4 Å². The van der Waals surface area contributed by atoms with Crippen LogP contribution in [0.2, 0.25) is 0 Å². The molecule has 5 nitrogen and oxygen atoms in total. The topological polar surface area (TPSA) is 54.5 Å². The van der Waals surface area contributed by atoms with Crippen molar-refractivity contribution >= 4 is 54.2 Å². The van der Waals surface area contributed by atoms with Gasteiger partial charge in [0.15, 0.2) is 5.13 Å². The number of rotatable bonds is 4. The molecule has 4 rings (SSSR count). The van der Waals surface area contributed by atoms with Crippen LogP contribution in [0.3, 0.4) is 0 Å². The number of hydrogen-bond donors (Lipinski definition) is 1. The molecule has 7 heteroatoms. The van der Waals surface area contributed by atoms with Gasteiger partial charge in [0.1, 0.15) is 11.3 Å². The molecule has 2 heterocycles. The van der Waals surface area contributed by atoms with Crippen LogP contribution in [0.15, 0.2) is 40.9 Å². The maximum absolute atomic E-state index is 12.5. The highest BCUT2D eigenvalue weighted by atomic mass is 79.9. The third-order valence-electron chi connectivity index (χ3n) is 4.54. The number of hydrogen-bond acceptors (Lipinski definition) is 5. The fourth-order valence-electron chi connectivity index (χ4n) is 2.98. The largest absolute Gasteiger partial charge is 0.494 e. The molecule has 26 heavy (non-hydrogen) atoms. The fourth-order valence-corrected chi connectivity index (χ4v) is 4.23. The number of aryl methyl sites for hydroxylation is 1. The van der Waals surface area contributed by atoms with Crippen LogP contribution in [-0.4, -0.2) is 31.1 Å². The van der Waals surface area contributed by atoms with Crippen molar-refractivity contribution in [1.82, 2.24) is 4.98 Å². The highest BCUT2D eigenvalue weighted by Gasteiger charge is 2.34. The van der Waals surface area contributed by atoms with Crippen molar-refractivity contribution in [2.24, 2.45) is 5.92 Å². The first-order chi connectivity index (χ1) is 12.5. The zero-order chi connectivity index (χ0) is 18.3. The average molecular weight is 432 g/mol. The molecule has 1 aliphatic heterocycles. The minimum absolute atomic E-state index is 0.0205. The van der Waals surface area contributed by atoms with E-state index < -0.39 is 0 Å². The summed E-state index contributed by atoms with van der Waals surface area (Å²) in [4.78, 5) is 19.3. The Morgan fingerprint density at radius 1 is 1.35 bits per heavy atom. The van der Waals surface area contributed by atoms with E-state index in [4.69, 9.17) is 4.74 Å². The van der Waals surface area contributed by atoms with E-state index in [-0.39, 0.29) is 11.8 Å². The van der Waals surface area contributed by atoms with Crippen LogP contribution >= 0.6 is 27.3 Å². The smallest absolute Gasteiger partial charge is 0.231 e. The van der Waals surface area contributed by atoms with E-state index in [9.17, 15) is 4.79 Å². The van der Waals surface area contributed by atoms with Crippen molar-refractivity contribution in [2.75, 3.05) is 30.4 Å². The normalized spacial score (nSPS) is 14.3. The zero-order valence-corrected chi connectivity index (χ0v) is 16.9. The maximum Gasteiger partial charge on any atom is 0.231 e. The van der Waals surface area contributed by atoms with Gasteiger partial charge < -0.3 is 15.0 Å². The molecule has 1 aliphatic rings. The number of para-hydroxylation sites is 1. The van der Waals surface area contributed by atoms with E-state index >= 15 is 0 Å². The lowest BCUT2D eigenvalue weighted by Crippen LogP contribution is -2.52. The Hall–Kier alpha value is -2.12. The van der Waals surface area contributed by atoms with E-state index in [1.54, 1.807) is 18.4 Å². The Morgan fingerprint density at radius 3 is 2.88 bits per heavy atom. The van der Waals surface area contributed by atoms with E-state index in [0.717, 1.165) is 36.8 Å². The predicted molar refractivity (Wildman–Crippen MR) is 109 cm³/mol. The quantitative estimate of drug-likeness (QED) is 0.662. The molecule has 2 aromatic carbocycles. The summed E-state index contributed by atoms with van der Waals surface area (Å²) < 4.78 is 7.51. The Labute approximate surface area is 164 Å². The van der Waals surface area contributed by atoms with Gasteiger partial charge in [0.2, 0.25) is 5.91 Å². The van der Waals surface area contributed by atoms with E-state index in [0.29, 0.717) is 13.1 Å². The minimum atomic E-state index is -0.0205. The molecular weight excluding hydrogens is 414 g/mol. The van der Waals surface area contributed by atoms with Crippen molar-refractivity contribution in [2.45, 2.75) is 6.92 Å². The first-order valence-corrected chi connectivity index (χ1v) is 9.91. The van der Waals surface area contributed by atoms with Gasteiger partial charge in [-0.1, -0.05) is 33.3 Å². The third kappa shape index (κ3) is 3.17. The van der Waals surface area contributed by atoms with E-state index in [1.165, 1.54) is 0 Å².